The number of rotatable bonds is 9. The van der Waals surface area contributed by atoms with Gasteiger partial charge in [-0.25, -0.2) is 23.8 Å². The average molecular weight is 570 g/mol. The van der Waals surface area contributed by atoms with Crippen molar-refractivity contribution in [2.45, 2.75) is 80.6 Å². The largest absolute Gasteiger partial charge is 0.481 e. The first kappa shape index (κ1) is 27.4. The number of carbonyl (C=O) groups excluding carboxylic acids is 1. The van der Waals surface area contributed by atoms with Crippen LogP contribution in [0.5, 0.6) is 5.88 Å². The third-order valence-electron chi connectivity index (χ3n) is 7.07. The molecule has 11 heteroatoms. The first-order valence-electron chi connectivity index (χ1n) is 13.3. The number of nitrogens with zero attached hydrogens (tertiary/aromatic N) is 2. The van der Waals surface area contributed by atoms with Crippen LogP contribution in [-0.4, -0.2) is 44.8 Å². The molecule has 2 aromatic heterocycles. The van der Waals surface area contributed by atoms with Gasteiger partial charge in [0.1, 0.15) is 0 Å². The number of methoxy groups -OCH3 is 1. The highest BCUT2D eigenvalue weighted by Crippen LogP contribution is 2.43. The van der Waals surface area contributed by atoms with E-state index >= 15 is 0 Å². The van der Waals surface area contributed by atoms with E-state index in [4.69, 9.17) is 19.2 Å². The Balaban J connectivity index is 1.33. The first-order valence-corrected chi connectivity index (χ1v) is 15.8. The number of nitrogens with one attached hydrogen (secondary N) is 3. The molecule has 2 saturated carbocycles. The number of benzene rings is 1. The Bertz CT molecular complexity index is 1410. The molecule has 9 nitrogen and oxygen atoms in total. The lowest BCUT2D eigenvalue weighted by atomic mass is 9.86. The number of anilines is 2. The number of carbonyl (C=O) groups is 1. The van der Waals surface area contributed by atoms with Gasteiger partial charge < -0.3 is 20.1 Å². The van der Waals surface area contributed by atoms with Crippen molar-refractivity contribution in [1.29, 1.82) is 4.78 Å². The number of aromatic nitrogens is 2. The van der Waals surface area contributed by atoms with Crippen molar-refractivity contribution in [3.8, 4) is 16.3 Å². The zero-order valence-electron chi connectivity index (χ0n) is 22.4. The molecule has 1 amide bonds. The summed E-state index contributed by atoms with van der Waals surface area (Å²) in [6.07, 6.45) is 8.29. The van der Waals surface area contributed by atoms with Gasteiger partial charge in [0.05, 0.1) is 49.6 Å². The van der Waals surface area contributed by atoms with Crippen molar-refractivity contribution < 1.29 is 18.5 Å². The standard InChI is InChI=1S/C28H35N5O4S2/c1-17(2)37-28(34)33-19-6-4-18(5-7-19)27-31-16-24(38-27)23-12-8-20(14-25(23)39(29,35)22-10-11-22)32-21-9-13-26(36-3)30-15-21/h8-9,12-19,22,29,32H,4-7,10-11H2,1-3H3,(H,33,34). The molecule has 1 unspecified atom stereocenters. The zero-order valence-corrected chi connectivity index (χ0v) is 24.1. The highest BCUT2D eigenvalue weighted by molar-refractivity contribution is 7.93. The fourth-order valence-electron chi connectivity index (χ4n) is 4.88. The Morgan fingerprint density at radius 1 is 1.05 bits per heavy atom. The smallest absolute Gasteiger partial charge is 0.407 e. The quantitative estimate of drug-likeness (QED) is 0.262. The lowest BCUT2D eigenvalue weighted by Gasteiger charge is -2.28. The fraction of sp³-hybridized carbons (Fsp3) is 0.464. The molecule has 39 heavy (non-hydrogen) atoms. The summed E-state index contributed by atoms with van der Waals surface area (Å²) in [5.74, 6) is 0.845. The maximum Gasteiger partial charge on any atom is 0.407 e. The molecular formula is C28H35N5O4S2. The van der Waals surface area contributed by atoms with Gasteiger partial charge in [0.15, 0.2) is 0 Å². The van der Waals surface area contributed by atoms with Gasteiger partial charge in [-0.1, -0.05) is 6.07 Å². The maximum absolute atomic E-state index is 13.7. The van der Waals surface area contributed by atoms with Gasteiger partial charge in [-0.2, -0.15) is 0 Å². The van der Waals surface area contributed by atoms with Crippen LogP contribution >= 0.6 is 11.3 Å². The van der Waals surface area contributed by atoms with E-state index in [1.807, 2.05) is 44.3 Å². The summed E-state index contributed by atoms with van der Waals surface area (Å²) in [7, 11) is -1.39. The van der Waals surface area contributed by atoms with Crippen LogP contribution in [0.25, 0.3) is 10.4 Å². The second-order valence-electron chi connectivity index (χ2n) is 10.4. The number of pyridine rings is 1. The van der Waals surface area contributed by atoms with Gasteiger partial charge in [-0.15, -0.1) is 11.3 Å². The van der Waals surface area contributed by atoms with Gasteiger partial charge >= 0.3 is 6.09 Å². The molecule has 0 saturated heterocycles. The topological polar surface area (TPSA) is 126 Å². The van der Waals surface area contributed by atoms with E-state index in [2.05, 4.69) is 15.6 Å². The Kier molecular flexibility index (Phi) is 8.08. The van der Waals surface area contributed by atoms with Crippen LogP contribution in [0.3, 0.4) is 0 Å². The third-order valence-corrected chi connectivity index (χ3v) is 10.7. The molecule has 5 rings (SSSR count). The summed E-state index contributed by atoms with van der Waals surface area (Å²) in [5.41, 5.74) is 2.35. The summed E-state index contributed by atoms with van der Waals surface area (Å²) in [6.45, 7) is 3.68. The fourth-order valence-corrected chi connectivity index (χ4v) is 8.03. The minimum atomic E-state index is -2.96. The Morgan fingerprint density at radius 3 is 2.44 bits per heavy atom. The molecule has 0 spiro atoms. The van der Waals surface area contributed by atoms with Crippen molar-refractivity contribution >= 4 is 38.5 Å². The second-order valence-corrected chi connectivity index (χ2v) is 13.8. The van der Waals surface area contributed by atoms with Crippen molar-refractivity contribution in [2.75, 3.05) is 12.4 Å². The molecule has 0 aliphatic heterocycles. The Labute approximate surface area is 233 Å². The van der Waals surface area contributed by atoms with Crippen LogP contribution in [0.4, 0.5) is 16.2 Å². The monoisotopic (exact) mass is 569 g/mol. The summed E-state index contributed by atoms with van der Waals surface area (Å²) < 4.78 is 32.9. The minimum Gasteiger partial charge on any atom is -0.481 e. The van der Waals surface area contributed by atoms with Gasteiger partial charge in [0.25, 0.3) is 0 Å². The summed E-state index contributed by atoms with van der Waals surface area (Å²) in [4.78, 5) is 22.4. The lowest BCUT2D eigenvalue weighted by molar-refractivity contribution is 0.109. The summed E-state index contributed by atoms with van der Waals surface area (Å²) in [6, 6.07) is 9.49. The van der Waals surface area contributed by atoms with E-state index in [0.717, 1.165) is 65.3 Å². The second kappa shape index (κ2) is 11.5. The predicted octanol–water partition coefficient (Wildman–Crippen LogP) is 6.69. The molecule has 3 N–H and O–H groups in total. The van der Waals surface area contributed by atoms with E-state index in [-0.39, 0.29) is 23.5 Å². The molecule has 2 fully saturated rings. The van der Waals surface area contributed by atoms with Crippen LogP contribution in [-0.2, 0) is 14.5 Å². The van der Waals surface area contributed by atoms with Crippen molar-refractivity contribution in [1.82, 2.24) is 15.3 Å². The van der Waals surface area contributed by atoms with E-state index < -0.39 is 9.73 Å². The highest BCUT2D eigenvalue weighted by atomic mass is 32.2. The third kappa shape index (κ3) is 6.52. The number of amides is 1. The molecule has 1 aromatic carbocycles. The molecule has 2 aliphatic carbocycles. The number of alkyl carbamates (subject to hydrolysis) is 1. The first-order chi connectivity index (χ1) is 18.7. The van der Waals surface area contributed by atoms with Crippen LogP contribution in [0, 0.1) is 4.78 Å². The Hall–Kier alpha value is -3.18. The van der Waals surface area contributed by atoms with Crippen molar-refractivity contribution in [3.05, 3.63) is 47.7 Å². The molecular weight excluding hydrogens is 534 g/mol. The molecule has 1 atom stereocenters. The average Bonchev–Trinajstić information content (AvgIpc) is 3.67. The van der Waals surface area contributed by atoms with E-state index in [0.29, 0.717) is 16.7 Å². The molecule has 2 heterocycles. The maximum atomic E-state index is 13.7. The van der Waals surface area contributed by atoms with Crippen molar-refractivity contribution in [3.63, 3.8) is 0 Å². The molecule has 208 valence electrons. The van der Waals surface area contributed by atoms with Gasteiger partial charge in [-0.3, -0.25) is 0 Å². The van der Waals surface area contributed by atoms with E-state index in [1.54, 1.807) is 30.7 Å². The van der Waals surface area contributed by atoms with Gasteiger partial charge in [0, 0.05) is 40.7 Å². The van der Waals surface area contributed by atoms with Crippen molar-refractivity contribution in [2.24, 2.45) is 0 Å². The van der Waals surface area contributed by atoms with Crippen LogP contribution in [0.15, 0.2) is 47.6 Å². The summed E-state index contributed by atoms with van der Waals surface area (Å²) in [5, 5.41) is 7.23. The minimum absolute atomic E-state index is 0.105. The molecule has 2 aliphatic rings. The SMILES string of the molecule is COc1ccc(Nc2ccc(-c3cnc(C4CCC(NC(=O)OC(C)C)CC4)s3)c(S(=N)(=O)C3CC3)c2)cn1. The lowest BCUT2D eigenvalue weighted by Crippen LogP contribution is -2.38. The Morgan fingerprint density at radius 2 is 1.79 bits per heavy atom. The number of hydrogen-bond acceptors (Lipinski definition) is 9. The van der Waals surface area contributed by atoms with Gasteiger partial charge in [-0.05, 0) is 70.6 Å². The highest BCUT2D eigenvalue weighted by Gasteiger charge is 2.36. The van der Waals surface area contributed by atoms with Gasteiger partial charge in [0.2, 0.25) is 5.88 Å². The van der Waals surface area contributed by atoms with Crippen LogP contribution in [0.2, 0.25) is 0 Å². The van der Waals surface area contributed by atoms with Crippen LogP contribution < -0.4 is 15.4 Å². The molecule has 0 bridgehead atoms. The normalized spacial score (nSPS) is 20.7. The number of ether oxygens (including phenoxy) is 2. The molecule has 0 radical (unpaired) electrons. The predicted molar refractivity (Wildman–Crippen MR) is 154 cm³/mol. The van der Waals surface area contributed by atoms with E-state index in [9.17, 15) is 9.00 Å². The van der Waals surface area contributed by atoms with Crippen LogP contribution in [0.1, 0.15) is 63.3 Å². The number of hydrogen-bond donors (Lipinski definition) is 3. The zero-order chi connectivity index (χ0) is 27.6. The molecule has 3 aromatic rings. The van der Waals surface area contributed by atoms with E-state index in [1.165, 1.54) is 0 Å². The number of thiazole rings is 1. The summed E-state index contributed by atoms with van der Waals surface area (Å²) >= 11 is 1.62.